The molecule has 3 nitrogen and oxygen atoms in total. The van der Waals surface area contributed by atoms with Crippen LogP contribution in [0.4, 0.5) is 0 Å². The van der Waals surface area contributed by atoms with Crippen molar-refractivity contribution in [3.05, 3.63) is 51.5 Å². The standard InChI is InChI=1S/C16H21N3S/c1-11-16(20-12(2)18-11)10-19-8-14(15(17)9-19)13-6-4-3-5-7-13/h3-7,14-15H,8-10,17H2,1-2H3/t14-,15+/m0/s1. The normalized spacial score (nSPS) is 23.4. The zero-order valence-corrected chi connectivity index (χ0v) is 12.9. The predicted octanol–water partition coefficient (Wildman–Crippen LogP) is 2.69. The van der Waals surface area contributed by atoms with Gasteiger partial charge in [0, 0.05) is 36.5 Å². The third-order valence-electron chi connectivity index (χ3n) is 4.04. The number of nitrogens with zero attached hydrogens (tertiary/aromatic N) is 2. The second kappa shape index (κ2) is 5.64. The van der Waals surface area contributed by atoms with Crippen LogP contribution in [0, 0.1) is 13.8 Å². The van der Waals surface area contributed by atoms with E-state index in [1.807, 2.05) is 0 Å². The number of hydrogen-bond donors (Lipinski definition) is 1. The number of likely N-dealkylation sites (tertiary alicyclic amines) is 1. The highest BCUT2D eigenvalue weighted by molar-refractivity contribution is 7.11. The Balaban J connectivity index is 1.71. The largest absolute Gasteiger partial charge is 0.326 e. The Kier molecular flexibility index (Phi) is 3.87. The molecule has 1 aliphatic rings. The van der Waals surface area contributed by atoms with Crippen LogP contribution in [-0.2, 0) is 6.54 Å². The average molecular weight is 287 g/mol. The van der Waals surface area contributed by atoms with Crippen LogP contribution in [0.1, 0.15) is 27.1 Å². The van der Waals surface area contributed by atoms with Gasteiger partial charge in [-0.3, -0.25) is 4.90 Å². The molecule has 2 atom stereocenters. The molecule has 0 saturated carbocycles. The highest BCUT2D eigenvalue weighted by Gasteiger charge is 2.31. The van der Waals surface area contributed by atoms with E-state index >= 15 is 0 Å². The van der Waals surface area contributed by atoms with Gasteiger partial charge in [-0.2, -0.15) is 0 Å². The first-order chi connectivity index (χ1) is 9.63. The smallest absolute Gasteiger partial charge is 0.0900 e. The molecule has 1 aliphatic heterocycles. The summed E-state index contributed by atoms with van der Waals surface area (Å²) in [5.74, 6) is 0.450. The summed E-state index contributed by atoms with van der Waals surface area (Å²) in [4.78, 5) is 8.35. The fraction of sp³-hybridized carbons (Fsp3) is 0.438. The Bertz CT molecular complexity index is 579. The van der Waals surface area contributed by atoms with Crippen molar-refractivity contribution in [1.29, 1.82) is 0 Å². The summed E-state index contributed by atoms with van der Waals surface area (Å²) in [6.45, 7) is 7.17. The van der Waals surface area contributed by atoms with Gasteiger partial charge in [0.05, 0.1) is 10.7 Å². The number of aryl methyl sites for hydroxylation is 2. The summed E-state index contributed by atoms with van der Waals surface area (Å²) >= 11 is 1.81. The maximum atomic E-state index is 6.34. The van der Waals surface area contributed by atoms with Crippen molar-refractivity contribution in [3.8, 4) is 0 Å². The Morgan fingerprint density at radius 3 is 2.65 bits per heavy atom. The van der Waals surface area contributed by atoms with Gasteiger partial charge in [-0.1, -0.05) is 30.3 Å². The van der Waals surface area contributed by atoms with Crippen LogP contribution in [-0.4, -0.2) is 29.0 Å². The monoisotopic (exact) mass is 287 g/mol. The molecule has 2 N–H and O–H groups in total. The SMILES string of the molecule is Cc1nc(C)c(CN2C[C@@H](N)[C@H](c3ccccc3)C2)s1. The molecule has 0 radical (unpaired) electrons. The molecule has 0 aliphatic carbocycles. The number of benzene rings is 1. The molecule has 106 valence electrons. The van der Waals surface area contributed by atoms with Crippen molar-refractivity contribution in [1.82, 2.24) is 9.88 Å². The minimum absolute atomic E-state index is 0.228. The topological polar surface area (TPSA) is 42.2 Å². The summed E-state index contributed by atoms with van der Waals surface area (Å²) < 4.78 is 0. The van der Waals surface area contributed by atoms with Gasteiger partial charge in [0.2, 0.25) is 0 Å². The second-order valence-corrected chi connectivity index (χ2v) is 6.90. The van der Waals surface area contributed by atoms with Crippen LogP contribution in [0.15, 0.2) is 30.3 Å². The van der Waals surface area contributed by atoms with E-state index in [1.54, 1.807) is 11.3 Å². The maximum Gasteiger partial charge on any atom is 0.0900 e. The van der Waals surface area contributed by atoms with E-state index in [9.17, 15) is 0 Å². The summed E-state index contributed by atoms with van der Waals surface area (Å²) in [5, 5.41) is 1.15. The molecule has 0 bridgehead atoms. The molecule has 0 amide bonds. The van der Waals surface area contributed by atoms with Crippen LogP contribution >= 0.6 is 11.3 Å². The quantitative estimate of drug-likeness (QED) is 0.944. The molecule has 1 fully saturated rings. The van der Waals surface area contributed by atoms with Crippen LogP contribution in [0.25, 0.3) is 0 Å². The fourth-order valence-electron chi connectivity index (χ4n) is 3.02. The molecular formula is C16H21N3S. The fourth-order valence-corrected chi connectivity index (χ4v) is 4.00. The first-order valence-electron chi connectivity index (χ1n) is 7.09. The van der Waals surface area contributed by atoms with Gasteiger partial charge in [0.1, 0.15) is 0 Å². The number of hydrogen-bond acceptors (Lipinski definition) is 4. The molecule has 1 aromatic heterocycles. The number of aromatic nitrogens is 1. The molecular weight excluding hydrogens is 266 g/mol. The first kappa shape index (κ1) is 13.7. The summed E-state index contributed by atoms with van der Waals surface area (Å²) in [6, 6.07) is 10.9. The van der Waals surface area contributed by atoms with Crippen LogP contribution in [0.3, 0.4) is 0 Å². The molecule has 3 rings (SSSR count). The van der Waals surface area contributed by atoms with Crippen LogP contribution in [0.5, 0.6) is 0 Å². The molecule has 2 heterocycles. The first-order valence-corrected chi connectivity index (χ1v) is 7.91. The van der Waals surface area contributed by atoms with Gasteiger partial charge in [0.25, 0.3) is 0 Å². The van der Waals surface area contributed by atoms with E-state index in [2.05, 4.69) is 54.1 Å². The lowest BCUT2D eigenvalue weighted by atomic mass is 9.95. The summed E-state index contributed by atoms with van der Waals surface area (Å²) in [5.41, 5.74) is 8.88. The van der Waals surface area contributed by atoms with E-state index in [0.29, 0.717) is 5.92 Å². The molecule has 20 heavy (non-hydrogen) atoms. The zero-order valence-electron chi connectivity index (χ0n) is 12.0. The average Bonchev–Trinajstić information content (AvgIpc) is 2.94. The van der Waals surface area contributed by atoms with Gasteiger partial charge >= 0.3 is 0 Å². The molecule has 1 saturated heterocycles. The summed E-state index contributed by atoms with van der Waals surface area (Å²) in [6.07, 6.45) is 0. The minimum Gasteiger partial charge on any atom is -0.326 e. The number of nitrogens with two attached hydrogens (primary N) is 1. The van der Waals surface area contributed by atoms with E-state index in [1.165, 1.54) is 16.1 Å². The zero-order chi connectivity index (χ0) is 14.1. The lowest BCUT2D eigenvalue weighted by Crippen LogP contribution is -2.28. The van der Waals surface area contributed by atoms with Crippen LogP contribution in [0.2, 0.25) is 0 Å². The Hall–Kier alpha value is -1.23. The van der Waals surface area contributed by atoms with E-state index in [0.717, 1.165) is 24.6 Å². The predicted molar refractivity (Wildman–Crippen MR) is 84.0 cm³/mol. The molecule has 0 spiro atoms. The van der Waals surface area contributed by atoms with Gasteiger partial charge in [-0.25, -0.2) is 4.98 Å². The van der Waals surface area contributed by atoms with Crippen molar-refractivity contribution in [2.24, 2.45) is 5.73 Å². The van der Waals surface area contributed by atoms with Crippen molar-refractivity contribution in [2.75, 3.05) is 13.1 Å². The van der Waals surface area contributed by atoms with E-state index < -0.39 is 0 Å². The van der Waals surface area contributed by atoms with Gasteiger partial charge in [0.15, 0.2) is 0 Å². The molecule has 1 aromatic carbocycles. The third-order valence-corrected chi connectivity index (χ3v) is 5.09. The van der Waals surface area contributed by atoms with Gasteiger partial charge in [-0.05, 0) is 19.4 Å². The van der Waals surface area contributed by atoms with Crippen molar-refractivity contribution in [3.63, 3.8) is 0 Å². The van der Waals surface area contributed by atoms with Crippen molar-refractivity contribution in [2.45, 2.75) is 32.4 Å². The lowest BCUT2D eigenvalue weighted by Gasteiger charge is -2.15. The van der Waals surface area contributed by atoms with Gasteiger partial charge in [-0.15, -0.1) is 11.3 Å². The Labute approximate surface area is 124 Å². The molecule has 4 heteroatoms. The second-order valence-electron chi connectivity index (χ2n) is 5.62. The molecule has 2 aromatic rings. The number of thiazole rings is 1. The van der Waals surface area contributed by atoms with Crippen LogP contribution < -0.4 is 5.73 Å². The third kappa shape index (κ3) is 2.77. The van der Waals surface area contributed by atoms with E-state index in [4.69, 9.17) is 5.73 Å². The van der Waals surface area contributed by atoms with Crippen molar-refractivity contribution < 1.29 is 0 Å². The van der Waals surface area contributed by atoms with Gasteiger partial charge < -0.3 is 5.73 Å². The number of rotatable bonds is 3. The summed E-state index contributed by atoms with van der Waals surface area (Å²) in [7, 11) is 0. The molecule has 0 unspecified atom stereocenters. The maximum absolute atomic E-state index is 6.34. The minimum atomic E-state index is 0.228. The lowest BCUT2D eigenvalue weighted by molar-refractivity contribution is 0.326. The highest BCUT2D eigenvalue weighted by atomic mass is 32.1. The van der Waals surface area contributed by atoms with E-state index in [-0.39, 0.29) is 6.04 Å². The van der Waals surface area contributed by atoms with Crippen molar-refractivity contribution >= 4 is 11.3 Å². The highest BCUT2D eigenvalue weighted by Crippen LogP contribution is 2.29. The Morgan fingerprint density at radius 2 is 2.00 bits per heavy atom. The Morgan fingerprint density at radius 1 is 1.25 bits per heavy atom.